The van der Waals surface area contributed by atoms with Gasteiger partial charge in [0.2, 0.25) is 0 Å². The van der Waals surface area contributed by atoms with Crippen molar-refractivity contribution in [2.45, 2.75) is 31.8 Å². The number of benzene rings is 1. The second-order valence-corrected chi connectivity index (χ2v) is 5.78. The summed E-state index contributed by atoms with van der Waals surface area (Å²) in [5.74, 6) is 0.874. The highest BCUT2D eigenvalue weighted by Crippen LogP contribution is 2.22. The second kappa shape index (κ2) is 6.96. The van der Waals surface area contributed by atoms with Gasteiger partial charge in [0.15, 0.2) is 0 Å². The van der Waals surface area contributed by atoms with Crippen molar-refractivity contribution in [1.29, 1.82) is 0 Å². The SMILES string of the molecule is COc1ccc(C2=CC(CN3CCCCCC3)ON2)cc1. The third-order valence-electron chi connectivity index (χ3n) is 4.21. The fraction of sp³-hybridized carbons (Fsp3) is 0.529. The zero-order valence-corrected chi connectivity index (χ0v) is 12.7. The highest BCUT2D eigenvalue weighted by Gasteiger charge is 2.21. The summed E-state index contributed by atoms with van der Waals surface area (Å²) in [5.41, 5.74) is 5.25. The Hall–Kier alpha value is -1.52. The summed E-state index contributed by atoms with van der Waals surface area (Å²) in [6, 6.07) is 8.05. The minimum Gasteiger partial charge on any atom is -0.497 e. The van der Waals surface area contributed by atoms with Gasteiger partial charge < -0.3 is 9.64 Å². The normalized spacial score (nSPS) is 23.3. The Kier molecular flexibility index (Phi) is 4.78. The first-order valence-corrected chi connectivity index (χ1v) is 7.85. The quantitative estimate of drug-likeness (QED) is 0.924. The van der Waals surface area contributed by atoms with E-state index in [0.29, 0.717) is 0 Å². The van der Waals surface area contributed by atoms with Crippen molar-refractivity contribution >= 4 is 5.70 Å². The molecule has 1 N–H and O–H groups in total. The maximum absolute atomic E-state index is 5.70. The Bertz CT molecular complexity index is 476. The molecule has 2 aliphatic heterocycles. The molecule has 0 amide bonds. The summed E-state index contributed by atoms with van der Waals surface area (Å²) >= 11 is 0. The van der Waals surface area contributed by atoms with Gasteiger partial charge in [0.1, 0.15) is 11.9 Å². The molecule has 4 heteroatoms. The molecule has 2 aliphatic rings. The molecule has 0 bridgehead atoms. The van der Waals surface area contributed by atoms with E-state index < -0.39 is 0 Å². The molecule has 0 saturated carbocycles. The van der Waals surface area contributed by atoms with Gasteiger partial charge in [0, 0.05) is 6.54 Å². The van der Waals surface area contributed by atoms with Crippen LogP contribution in [0.5, 0.6) is 5.75 Å². The smallest absolute Gasteiger partial charge is 0.118 e. The van der Waals surface area contributed by atoms with Crippen LogP contribution >= 0.6 is 0 Å². The molecule has 0 aliphatic carbocycles. The topological polar surface area (TPSA) is 33.7 Å². The Morgan fingerprint density at radius 2 is 1.86 bits per heavy atom. The van der Waals surface area contributed by atoms with Crippen LogP contribution in [0.1, 0.15) is 31.2 Å². The lowest BCUT2D eigenvalue weighted by atomic mass is 10.1. The molecule has 0 radical (unpaired) electrons. The van der Waals surface area contributed by atoms with E-state index in [9.17, 15) is 0 Å². The number of hydrogen-bond acceptors (Lipinski definition) is 4. The van der Waals surface area contributed by atoms with E-state index in [4.69, 9.17) is 9.57 Å². The van der Waals surface area contributed by atoms with Crippen LogP contribution in [-0.2, 0) is 4.84 Å². The summed E-state index contributed by atoms with van der Waals surface area (Å²) in [4.78, 5) is 8.23. The van der Waals surface area contributed by atoms with Gasteiger partial charge in [-0.2, -0.15) is 0 Å². The Morgan fingerprint density at radius 1 is 1.14 bits per heavy atom. The minimum atomic E-state index is 0.139. The summed E-state index contributed by atoms with van der Waals surface area (Å²) in [6.45, 7) is 3.38. The molecule has 0 aromatic heterocycles. The fourth-order valence-electron chi connectivity index (χ4n) is 2.98. The standard InChI is InChI=1S/C17H24N2O2/c1-20-15-8-6-14(7-9-15)17-12-16(21-18-17)13-19-10-4-2-3-5-11-19/h6-9,12,16,18H,2-5,10-11,13H2,1H3. The van der Waals surface area contributed by atoms with Crippen molar-refractivity contribution in [3.8, 4) is 5.75 Å². The van der Waals surface area contributed by atoms with Crippen LogP contribution in [0.3, 0.4) is 0 Å². The monoisotopic (exact) mass is 288 g/mol. The van der Waals surface area contributed by atoms with Crippen LogP contribution in [0.15, 0.2) is 30.3 Å². The first-order valence-electron chi connectivity index (χ1n) is 7.85. The molecule has 1 aromatic carbocycles. The number of nitrogens with zero attached hydrogens (tertiary/aromatic N) is 1. The first kappa shape index (κ1) is 14.4. The lowest BCUT2D eigenvalue weighted by Crippen LogP contribution is -2.33. The number of rotatable bonds is 4. The molecule has 1 fully saturated rings. The molecule has 1 aromatic rings. The molecule has 0 spiro atoms. The maximum Gasteiger partial charge on any atom is 0.118 e. The van der Waals surface area contributed by atoms with E-state index in [-0.39, 0.29) is 6.10 Å². The Balaban J connectivity index is 1.60. The van der Waals surface area contributed by atoms with Gasteiger partial charge in [-0.3, -0.25) is 10.3 Å². The first-order chi connectivity index (χ1) is 10.3. The van der Waals surface area contributed by atoms with Crippen molar-refractivity contribution in [3.63, 3.8) is 0 Å². The molecule has 114 valence electrons. The van der Waals surface area contributed by atoms with Gasteiger partial charge in [0.25, 0.3) is 0 Å². The van der Waals surface area contributed by atoms with Crippen LogP contribution in [0.2, 0.25) is 0 Å². The van der Waals surface area contributed by atoms with Gasteiger partial charge in [-0.05, 0) is 61.8 Å². The third-order valence-corrected chi connectivity index (χ3v) is 4.21. The number of nitrogens with one attached hydrogen (secondary N) is 1. The fourth-order valence-corrected chi connectivity index (χ4v) is 2.98. The van der Waals surface area contributed by atoms with E-state index in [2.05, 4.69) is 28.6 Å². The summed E-state index contributed by atoms with van der Waals surface area (Å²) < 4.78 is 5.19. The lowest BCUT2D eigenvalue weighted by Gasteiger charge is -2.21. The molecule has 4 nitrogen and oxygen atoms in total. The second-order valence-electron chi connectivity index (χ2n) is 5.78. The largest absolute Gasteiger partial charge is 0.497 e. The van der Waals surface area contributed by atoms with E-state index in [1.165, 1.54) is 38.8 Å². The van der Waals surface area contributed by atoms with Crippen LogP contribution in [-0.4, -0.2) is 37.7 Å². The van der Waals surface area contributed by atoms with E-state index >= 15 is 0 Å². The highest BCUT2D eigenvalue weighted by atomic mass is 16.7. The molecule has 1 unspecified atom stereocenters. The molecular weight excluding hydrogens is 264 g/mol. The van der Waals surface area contributed by atoms with Crippen molar-refractivity contribution in [2.75, 3.05) is 26.7 Å². The Morgan fingerprint density at radius 3 is 2.52 bits per heavy atom. The van der Waals surface area contributed by atoms with Gasteiger partial charge >= 0.3 is 0 Å². The minimum absolute atomic E-state index is 0.139. The number of hydroxylamine groups is 1. The van der Waals surface area contributed by atoms with Gasteiger partial charge in [-0.1, -0.05) is 12.8 Å². The van der Waals surface area contributed by atoms with Crippen LogP contribution in [0.25, 0.3) is 5.70 Å². The maximum atomic E-state index is 5.70. The summed E-state index contributed by atoms with van der Waals surface area (Å²) in [6.07, 6.45) is 7.69. The molecule has 3 rings (SSSR count). The summed E-state index contributed by atoms with van der Waals surface area (Å²) in [5, 5.41) is 0. The van der Waals surface area contributed by atoms with Crippen LogP contribution in [0, 0.1) is 0 Å². The van der Waals surface area contributed by atoms with Crippen LogP contribution < -0.4 is 10.2 Å². The van der Waals surface area contributed by atoms with Gasteiger partial charge in [0.05, 0.1) is 12.8 Å². The summed E-state index contributed by atoms with van der Waals surface area (Å²) in [7, 11) is 1.68. The zero-order valence-electron chi connectivity index (χ0n) is 12.7. The van der Waals surface area contributed by atoms with Crippen LogP contribution in [0.4, 0.5) is 0 Å². The molecule has 1 saturated heterocycles. The van der Waals surface area contributed by atoms with Crippen molar-refractivity contribution in [3.05, 3.63) is 35.9 Å². The van der Waals surface area contributed by atoms with E-state index in [0.717, 1.165) is 23.6 Å². The zero-order chi connectivity index (χ0) is 14.5. The highest BCUT2D eigenvalue weighted by molar-refractivity contribution is 5.65. The van der Waals surface area contributed by atoms with E-state index in [1.807, 2.05) is 12.1 Å². The van der Waals surface area contributed by atoms with Crippen molar-refractivity contribution < 1.29 is 9.57 Å². The van der Waals surface area contributed by atoms with E-state index in [1.54, 1.807) is 7.11 Å². The predicted molar refractivity (Wildman–Crippen MR) is 83.9 cm³/mol. The van der Waals surface area contributed by atoms with Gasteiger partial charge in [-0.15, -0.1) is 0 Å². The number of likely N-dealkylation sites (tertiary alicyclic amines) is 1. The number of ether oxygens (including phenoxy) is 1. The average Bonchev–Trinajstić information content (AvgIpc) is 2.83. The molecule has 1 atom stereocenters. The molecule has 21 heavy (non-hydrogen) atoms. The predicted octanol–water partition coefficient (Wildman–Crippen LogP) is 2.82. The number of hydrogen-bond donors (Lipinski definition) is 1. The number of methoxy groups -OCH3 is 1. The Labute approximate surface area is 126 Å². The molecule has 2 heterocycles. The average molecular weight is 288 g/mol. The molecular formula is C17H24N2O2. The van der Waals surface area contributed by atoms with Crippen molar-refractivity contribution in [1.82, 2.24) is 10.4 Å². The van der Waals surface area contributed by atoms with Crippen molar-refractivity contribution in [2.24, 2.45) is 0 Å². The van der Waals surface area contributed by atoms with Gasteiger partial charge in [-0.25, -0.2) is 0 Å². The lowest BCUT2D eigenvalue weighted by molar-refractivity contribution is 0.0290. The third kappa shape index (κ3) is 3.77.